The molecule has 8 amide bonds. The Morgan fingerprint density at radius 2 is 0.908 bits per heavy atom. The smallest absolute Gasteiger partial charge is 0.443 e. The van der Waals surface area contributed by atoms with Gasteiger partial charge in [-0.05, 0) is 246 Å². The maximum absolute atomic E-state index is 14.6. The van der Waals surface area contributed by atoms with Gasteiger partial charge in [0, 0.05) is 63.5 Å². The zero-order valence-electron chi connectivity index (χ0n) is 76.8. The molecule has 8 aromatic heterocycles. The highest BCUT2D eigenvalue weighted by Gasteiger charge is 2.38. The van der Waals surface area contributed by atoms with Gasteiger partial charge in [0.1, 0.15) is 57.9 Å². The lowest BCUT2D eigenvalue weighted by Crippen LogP contribution is -2.30. The van der Waals surface area contributed by atoms with Gasteiger partial charge in [-0.25, -0.2) is 52.3 Å². The molecule has 4 aliphatic carbocycles. The Kier molecular flexibility index (Phi) is 31.6. The Hall–Kier alpha value is -15.2. The molecule has 2 fully saturated rings. The summed E-state index contributed by atoms with van der Waals surface area (Å²) in [4.78, 5) is 155. The molecule has 742 valence electrons. The summed E-state index contributed by atoms with van der Waals surface area (Å²) >= 11 is 6.36. The molecule has 48 heteroatoms. The Balaban J connectivity index is 0.000000134. The van der Waals surface area contributed by atoms with Crippen LogP contribution in [-0.4, -0.2) is 240 Å². The molecular weight excluding hydrogens is 1870 g/mol. The zero-order chi connectivity index (χ0) is 99.1. The predicted molar refractivity (Wildman–Crippen MR) is 495 cm³/mol. The first-order chi connectivity index (χ1) is 68.1. The van der Waals surface area contributed by atoms with Crippen LogP contribution >= 0.6 is 11.6 Å². The maximum atomic E-state index is 14.6. The van der Waals surface area contributed by atoms with Gasteiger partial charge in [-0.15, -0.1) is 14.9 Å². The van der Waals surface area contributed by atoms with E-state index in [2.05, 4.69) is 93.3 Å². The zero-order valence-corrected chi connectivity index (χ0v) is 77.6. The van der Waals surface area contributed by atoms with E-state index in [1.54, 1.807) is 67.7 Å². The summed E-state index contributed by atoms with van der Waals surface area (Å²) in [5.74, 6) is 2.44. The Bertz CT molecular complexity index is 6100. The molecule has 10 aliphatic rings. The van der Waals surface area contributed by atoms with Gasteiger partial charge in [0.2, 0.25) is 17.7 Å². The monoisotopic (exact) mass is 1970 g/mol. The molecule has 6 atom stereocenters. The minimum Gasteiger partial charge on any atom is -0.484 e. The molecule has 0 radical (unpaired) electrons. The van der Waals surface area contributed by atoms with Crippen LogP contribution in [0.25, 0.3) is 11.5 Å². The molecule has 14 heterocycles. The number of anilines is 6. The van der Waals surface area contributed by atoms with E-state index in [0.29, 0.717) is 202 Å². The molecule has 0 saturated carbocycles. The molecule has 20 rings (SSSR count). The van der Waals surface area contributed by atoms with Crippen molar-refractivity contribution in [2.45, 2.75) is 103 Å². The number of nitrogens with one attached hydrogen (secondary N) is 10. The number of carboxylic acid groups (broad SMARTS) is 1. The van der Waals surface area contributed by atoms with Crippen LogP contribution in [0.3, 0.4) is 0 Å². The summed E-state index contributed by atoms with van der Waals surface area (Å²) in [5, 5.41) is 44.8. The first-order valence-corrected chi connectivity index (χ1v) is 45.9. The second-order valence-electron chi connectivity index (χ2n) is 34.4. The number of aromatic nitrogens is 10. The number of benzene rings is 2. The van der Waals surface area contributed by atoms with Gasteiger partial charge < -0.3 is 105 Å². The number of pyridine rings is 6. The van der Waals surface area contributed by atoms with Crippen molar-refractivity contribution in [1.29, 1.82) is 0 Å². The van der Waals surface area contributed by atoms with Crippen LogP contribution < -0.4 is 103 Å². The number of carbonyl (C=O) groups excluding carboxylic acids is 8. The number of carbonyl (C=O) groups is 9. The number of fused-ring (bicyclic) bond motifs is 8. The summed E-state index contributed by atoms with van der Waals surface area (Å²) in [7, 11) is 3.06. The Labute approximate surface area is 806 Å². The molecule has 2 saturated heterocycles. The molecule has 141 heavy (non-hydrogen) atoms. The highest BCUT2D eigenvalue weighted by molar-refractivity contribution is 6.30. The molecule has 6 unspecified atom stereocenters. The van der Waals surface area contributed by atoms with Gasteiger partial charge >= 0.3 is 23.7 Å². The van der Waals surface area contributed by atoms with E-state index in [0.717, 1.165) is 98.5 Å². The SMILES string of the molecule is CNC(=O)COc1cc(F)c2c(c1)CC(CNCCC1CN(c3ccc4c(n3)NC(=O)CO4)C(=O)O1)C2.CNC(=O)COc1cc2c(c(Cl)n1)CC(CNCCC1CN(c3ccc4c(n3)NC(=O)CO4)C(=O)O1)C2.Cc1ncc(F)c2c1CC(CNCCc1nn(-c3ccc4c(c3)NC(=O)CO4)c(=O)o1)C2.Cc1ncc(F)c2c1CC(CNCCc1nn(-c3ccc4c(n3)NC(=O)CO4)c(=O)o1)C2.O=CO. The summed E-state index contributed by atoms with van der Waals surface area (Å²) in [5.41, 5.74) is 10.0. The van der Waals surface area contributed by atoms with Crippen LogP contribution in [0, 0.1) is 55.0 Å². The fourth-order valence-corrected chi connectivity index (χ4v) is 17.9. The molecule has 6 aliphatic heterocycles. The topological polar surface area (TPSA) is 548 Å². The molecule has 0 bridgehead atoms. The van der Waals surface area contributed by atoms with Gasteiger partial charge in [0.15, 0.2) is 80.2 Å². The second-order valence-corrected chi connectivity index (χ2v) is 34.8. The van der Waals surface area contributed by atoms with Crippen LogP contribution in [0.2, 0.25) is 5.15 Å². The number of amides is 8. The van der Waals surface area contributed by atoms with E-state index in [1.165, 1.54) is 35.3 Å². The molecular formula is C93H100ClF3N22O22. The number of hydrogen-bond acceptors (Lipinski definition) is 33. The lowest BCUT2D eigenvalue weighted by Gasteiger charge is -2.19. The first kappa shape index (κ1) is 98.8. The minimum atomic E-state index is -0.666. The average molecular weight is 1970 g/mol. The van der Waals surface area contributed by atoms with Crippen LogP contribution in [0.4, 0.5) is 57.5 Å². The van der Waals surface area contributed by atoms with Gasteiger partial charge in [0.05, 0.1) is 36.9 Å². The fourth-order valence-electron chi connectivity index (χ4n) is 17.7. The summed E-state index contributed by atoms with van der Waals surface area (Å²) in [6.45, 7) is 9.12. The van der Waals surface area contributed by atoms with E-state index in [-0.39, 0.29) is 140 Å². The highest BCUT2D eigenvalue weighted by atomic mass is 35.5. The first-order valence-electron chi connectivity index (χ1n) is 45.5. The van der Waals surface area contributed by atoms with E-state index >= 15 is 0 Å². The second kappa shape index (κ2) is 45.1. The van der Waals surface area contributed by atoms with Gasteiger partial charge in [-0.3, -0.25) is 53.3 Å². The van der Waals surface area contributed by atoms with Crippen molar-refractivity contribution in [3.63, 3.8) is 0 Å². The van der Waals surface area contributed by atoms with Crippen LogP contribution in [0.15, 0.2) is 104 Å². The third-order valence-corrected chi connectivity index (χ3v) is 24.9. The largest absolute Gasteiger partial charge is 0.484 e. The summed E-state index contributed by atoms with van der Waals surface area (Å²) < 4.78 is 98.3. The Morgan fingerprint density at radius 1 is 0.489 bits per heavy atom. The van der Waals surface area contributed by atoms with E-state index < -0.39 is 23.7 Å². The van der Waals surface area contributed by atoms with E-state index in [4.69, 9.17) is 68.2 Å². The van der Waals surface area contributed by atoms with Crippen molar-refractivity contribution in [1.82, 2.24) is 81.4 Å². The molecule has 0 spiro atoms. The standard InChI is InChI=1S/C25H28FN5O6.C24H27ClN6O6.C22H22FN5O4.C21H21FN6O4.CH2O2/c1-27-22(32)12-35-17-8-15-6-14(7-18(15)19(26)9-17)10-28-5-4-16-11-31(25(34)37-16)21-3-2-20-24(29-21)30-23(33)13-36-20;1-26-19(32)11-36-21-8-14-6-13(7-16(14)22(25)30-21)9-27-5-4-15-10-31(24(34)37-15)18-3-2-17-23(28-18)29-20(33)12-35-17;1-12-15-6-13(7-16(15)17(23)10-25-12)9-24-5-4-21-27-28(22(30)32-21)14-2-3-19-18(8-14)26-20(29)11-31-19;1-11-13-6-12(7-14(13)15(22)9-24-11)8-23-5-4-19-27-28(21(30)32-19)17-3-2-16-20(25-17)26-18(29)10-31-16;2-1-3/h2-3,8-9,14,16,28H,4-7,10-13H2,1H3,(H,27,32)(H,29,30,33);2-3,8,13,15,27H,4-7,9-12H2,1H3,(H,26,32)(H,28,29,33);2-3,8,10,13,24H,4-7,9,11H2,1H3,(H,26,29);2-3,9,12,23H,4-8,10H2,1H3,(H,25,26,29);1H,(H,2,3). The highest BCUT2D eigenvalue weighted by Crippen LogP contribution is 2.39. The van der Waals surface area contributed by atoms with E-state index in [9.17, 15) is 61.1 Å². The number of aryl methyl sites for hydroxylation is 2. The lowest BCUT2D eigenvalue weighted by molar-refractivity contribution is -0.123. The Morgan fingerprint density at radius 3 is 1.41 bits per heavy atom. The number of hydrogen-bond donors (Lipinski definition) is 11. The number of likely N-dealkylation sites (N-methyl/N-ethyl adjacent to an activating group) is 2. The fraction of sp³-hybridized carbons (Fsp3) is 0.409. The number of cyclic esters (lactones) is 2. The predicted octanol–water partition coefficient (Wildman–Crippen LogP) is 4.89. The van der Waals surface area contributed by atoms with Crippen molar-refractivity contribution in [3.05, 3.63) is 197 Å². The molecule has 2 aromatic carbocycles. The van der Waals surface area contributed by atoms with Crippen LogP contribution in [-0.2, 0) is 107 Å². The third kappa shape index (κ3) is 24.6. The van der Waals surface area contributed by atoms with Crippen molar-refractivity contribution < 1.29 is 108 Å². The minimum absolute atomic E-state index is 0.0359. The van der Waals surface area contributed by atoms with Gasteiger partial charge in [-0.2, -0.15) is 4.68 Å². The van der Waals surface area contributed by atoms with Crippen molar-refractivity contribution in [2.24, 2.45) is 23.7 Å². The van der Waals surface area contributed by atoms with Gasteiger partial charge in [0.25, 0.3) is 41.9 Å². The summed E-state index contributed by atoms with van der Waals surface area (Å²) in [6, 6.07) is 19.8. The maximum Gasteiger partial charge on any atom is 0.443 e. The van der Waals surface area contributed by atoms with Crippen molar-refractivity contribution >= 4 is 100 Å². The van der Waals surface area contributed by atoms with Crippen LogP contribution in [0.5, 0.6) is 34.6 Å². The van der Waals surface area contributed by atoms with Crippen molar-refractivity contribution in [2.75, 3.05) is 150 Å². The van der Waals surface area contributed by atoms with Crippen molar-refractivity contribution in [3.8, 4) is 46.1 Å². The number of nitrogens with zero attached hydrogens (tertiary/aromatic N) is 12. The quantitative estimate of drug-likeness (QED) is 0.0162. The lowest BCUT2D eigenvalue weighted by atomic mass is 10.1. The van der Waals surface area contributed by atoms with Crippen LogP contribution in [0.1, 0.15) is 80.5 Å². The molecule has 11 N–H and O–H groups in total. The third-order valence-electron chi connectivity index (χ3n) is 24.5. The van der Waals surface area contributed by atoms with Gasteiger partial charge in [-0.1, -0.05) is 11.6 Å². The molecule has 10 aromatic rings. The number of rotatable bonds is 30. The average Bonchev–Trinajstić information content (AvgIpc) is 1.64. The van der Waals surface area contributed by atoms with E-state index in [1.807, 2.05) is 19.9 Å². The number of halogens is 4. The molecule has 44 nitrogen and oxygen atoms in total. The number of ether oxygens (including phenoxy) is 8. The summed E-state index contributed by atoms with van der Waals surface area (Å²) in [6.07, 6.45) is 9.11. The normalized spacial score (nSPS) is 18.3.